The number of hydrogen-bond donors (Lipinski definition) is 2. The number of aryl methyl sites for hydroxylation is 1. The summed E-state index contributed by atoms with van der Waals surface area (Å²) in [4.78, 5) is 28.8. The van der Waals surface area contributed by atoms with E-state index in [1.54, 1.807) is 25.3 Å². The largest absolute Gasteiger partial charge is 0.385 e. The van der Waals surface area contributed by atoms with Gasteiger partial charge in [0.05, 0.1) is 16.6 Å². The van der Waals surface area contributed by atoms with Gasteiger partial charge >= 0.3 is 0 Å². The van der Waals surface area contributed by atoms with Crippen molar-refractivity contribution in [3.8, 4) is 5.69 Å². The lowest BCUT2D eigenvalue weighted by Gasteiger charge is -2.14. The van der Waals surface area contributed by atoms with Gasteiger partial charge in [0.1, 0.15) is 0 Å². The molecule has 1 unspecified atom stereocenters. The molecule has 7 heteroatoms. The lowest BCUT2D eigenvalue weighted by molar-refractivity contribution is 0.0929. The SMILES string of the molecule is COCCC(C)NC(=O)c1ccc2c(=O)n(-c3cccc(C)c3C)c(=S)[nH]c2c1. The first-order valence-corrected chi connectivity index (χ1v) is 9.89. The van der Waals surface area contributed by atoms with E-state index in [1.165, 1.54) is 4.57 Å². The molecule has 1 amide bonds. The normalized spacial score (nSPS) is 12.1. The summed E-state index contributed by atoms with van der Waals surface area (Å²) in [5, 5.41) is 3.41. The van der Waals surface area contributed by atoms with Gasteiger partial charge in [0, 0.05) is 25.3 Å². The maximum absolute atomic E-state index is 13.2. The van der Waals surface area contributed by atoms with E-state index in [0.717, 1.165) is 23.2 Å². The Morgan fingerprint density at radius 3 is 2.76 bits per heavy atom. The zero-order valence-corrected chi connectivity index (χ0v) is 17.9. The number of aromatic nitrogens is 2. The van der Waals surface area contributed by atoms with Crippen LogP contribution in [0.5, 0.6) is 0 Å². The maximum atomic E-state index is 13.2. The average molecular weight is 412 g/mol. The van der Waals surface area contributed by atoms with Crippen LogP contribution in [0.4, 0.5) is 0 Å². The Morgan fingerprint density at radius 1 is 1.28 bits per heavy atom. The highest BCUT2D eigenvalue weighted by Gasteiger charge is 2.14. The van der Waals surface area contributed by atoms with Crippen LogP contribution in [0, 0.1) is 18.6 Å². The van der Waals surface area contributed by atoms with Gasteiger partial charge in [-0.15, -0.1) is 0 Å². The molecule has 3 aromatic rings. The predicted octanol–water partition coefficient (Wildman–Crippen LogP) is 3.82. The summed E-state index contributed by atoms with van der Waals surface area (Å²) in [5.74, 6) is -0.200. The highest BCUT2D eigenvalue weighted by molar-refractivity contribution is 7.71. The first-order valence-electron chi connectivity index (χ1n) is 9.49. The van der Waals surface area contributed by atoms with Crippen molar-refractivity contribution < 1.29 is 9.53 Å². The van der Waals surface area contributed by atoms with Crippen molar-refractivity contribution in [3.63, 3.8) is 0 Å². The smallest absolute Gasteiger partial charge is 0.266 e. The third kappa shape index (κ3) is 4.31. The Balaban J connectivity index is 2.02. The van der Waals surface area contributed by atoms with Gasteiger partial charge in [0.15, 0.2) is 4.77 Å². The summed E-state index contributed by atoms with van der Waals surface area (Å²) < 4.78 is 6.84. The summed E-state index contributed by atoms with van der Waals surface area (Å²) in [5.41, 5.74) is 3.63. The van der Waals surface area contributed by atoms with Crippen LogP contribution in [0.1, 0.15) is 34.8 Å². The zero-order valence-electron chi connectivity index (χ0n) is 17.0. The first kappa shape index (κ1) is 21.0. The number of benzene rings is 2. The van der Waals surface area contributed by atoms with Gasteiger partial charge in [-0.2, -0.15) is 0 Å². The number of nitrogens with one attached hydrogen (secondary N) is 2. The third-order valence-corrected chi connectivity index (χ3v) is 5.39. The van der Waals surface area contributed by atoms with Crippen molar-refractivity contribution in [2.45, 2.75) is 33.2 Å². The number of carbonyl (C=O) groups is 1. The lowest BCUT2D eigenvalue weighted by Crippen LogP contribution is -2.33. The van der Waals surface area contributed by atoms with Gasteiger partial charge in [0.25, 0.3) is 11.5 Å². The van der Waals surface area contributed by atoms with Gasteiger partial charge in [-0.1, -0.05) is 12.1 Å². The molecule has 2 aromatic carbocycles. The topological polar surface area (TPSA) is 76.1 Å². The molecule has 152 valence electrons. The van der Waals surface area contributed by atoms with Crippen LogP contribution in [0.15, 0.2) is 41.2 Å². The number of rotatable bonds is 6. The molecule has 29 heavy (non-hydrogen) atoms. The Labute approximate surface area is 174 Å². The molecule has 0 saturated heterocycles. The first-order chi connectivity index (χ1) is 13.8. The maximum Gasteiger partial charge on any atom is 0.266 e. The fourth-order valence-corrected chi connectivity index (χ4v) is 3.52. The highest BCUT2D eigenvalue weighted by atomic mass is 32.1. The monoisotopic (exact) mass is 411 g/mol. The van der Waals surface area contributed by atoms with Crippen LogP contribution in [0.2, 0.25) is 0 Å². The van der Waals surface area contributed by atoms with Gasteiger partial charge < -0.3 is 15.0 Å². The zero-order chi connectivity index (χ0) is 21.1. The molecule has 3 rings (SSSR count). The van der Waals surface area contributed by atoms with Crippen LogP contribution in [-0.2, 0) is 4.74 Å². The molecule has 0 saturated carbocycles. The van der Waals surface area contributed by atoms with Gasteiger partial charge in [-0.05, 0) is 74.8 Å². The Hall–Kier alpha value is -2.77. The molecular weight excluding hydrogens is 386 g/mol. The summed E-state index contributed by atoms with van der Waals surface area (Å²) >= 11 is 5.47. The summed E-state index contributed by atoms with van der Waals surface area (Å²) in [6.45, 7) is 6.46. The standard InChI is InChI=1S/C22H25N3O3S/c1-13-6-5-7-19(15(13)3)25-21(27)17-9-8-16(12-18(17)24-22(25)29)20(26)23-14(2)10-11-28-4/h5-9,12,14H,10-11H2,1-4H3,(H,23,26)(H,24,29). The van der Waals surface area contributed by atoms with Crippen molar-refractivity contribution in [1.82, 2.24) is 14.9 Å². The molecule has 1 aromatic heterocycles. The number of aromatic amines is 1. The number of methoxy groups -OCH3 is 1. The minimum atomic E-state index is -0.210. The van der Waals surface area contributed by atoms with E-state index in [-0.39, 0.29) is 17.5 Å². The van der Waals surface area contributed by atoms with Crippen molar-refractivity contribution in [1.29, 1.82) is 0 Å². The molecule has 0 fully saturated rings. The molecule has 2 N–H and O–H groups in total. The Morgan fingerprint density at radius 2 is 2.03 bits per heavy atom. The summed E-state index contributed by atoms with van der Waals surface area (Å²) in [7, 11) is 1.63. The van der Waals surface area contributed by atoms with Crippen LogP contribution >= 0.6 is 12.2 Å². The highest BCUT2D eigenvalue weighted by Crippen LogP contribution is 2.18. The van der Waals surface area contributed by atoms with Gasteiger partial charge in [0.2, 0.25) is 0 Å². The van der Waals surface area contributed by atoms with E-state index < -0.39 is 0 Å². The minimum absolute atomic E-state index is 0.0195. The quantitative estimate of drug-likeness (QED) is 0.605. The van der Waals surface area contributed by atoms with E-state index >= 15 is 0 Å². The predicted molar refractivity (Wildman–Crippen MR) is 118 cm³/mol. The van der Waals surface area contributed by atoms with Crippen LogP contribution in [0.25, 0.3) is 16.6 Å². The minimum Gasteiger partial charge on any atom is -0.385 e. The molecule has 1 heterocycles. The lowest BCUT2D eigenvalue weighted by atomic mass is 10.1. The fourth-order valence-electron chi connectivity index (χ4n) is 3.23. The molecule has 0 radical (unpaired) electrons. The van der Waals surface area contributed by atoms with Crippen molar-refractivity contribution in [2.24, 2.45) is 0 Å². The van der Waals surface area contributed by atoms with Crippen LogP contribution in [0.3, 0.4) is 0 Å². The van der Waals surface area contributed by atoms with Crippen LogP contribution in [-0.4, -0.2) is 35.2 Å². The number of hydrogen-bond acceptors (Lipinski definition) is 4. The number of amides is 1. The number of ether oxygens (including phenoxy) is 1. The van der Waals surface area contributed by atoms with E-state index in [0.29, 0.717) is 27.8 Å². The van der Waals surface area contributed by atoms with E-state index in [1.807, 2.05) is 39.0 Å². The molecule has 0 aliphatic rings. The van der Waals surface area contributed by atoms with Gasteiger partial charge in [-0.25, -0.2) is 0 Å². The number of nitrogens with zero attached hydrogens (tertiary/aromatic N) is 1. The fraction of sp³-hybridized carbons (Fsp3) is 0.318. The van der Waals surface area contributed by atoms with Crippen molar-refractivity contribution in [2.75, 3.05) is 13.7 Å². The van der Waals surface area contributed by atoms with Crippen LogP contribution < -0.4 is 10.9 Å². The summed E-state index contributed by atoms with van der Waals surface area (Å²) in [6.07, 6.45) is 0.721. The van der Waals surface area contributed by atoms with E-state index in [9.17, 15) is 9.59 Å². The molecule has 6 nitrogen and oxygen atoms in total. The van der Waals surface area contributed by atoms with E-state index in [4.69, 9.17) is 17.0 Å². The molecule has 0 spiro atoms. The third-order valence-electron chi connectivity index (χ3n) is 5.11. The molecular formula is C22H25N3O3S. The number of carbonyl (C=O) groups excluding carboxylic acids is 1. The molecule has 0 bridgehead atoms. The molecule has 0 aliphatic carbocycles. The second kappa shape index (κ2) is 8.71. The van der Waals surface area contributed by atoms with Crippen molar-refractivity contribution >= 4 is 29.0 Å². The molecule has 1 atom stereocenters. The summed E-state index contributed by atoms with van der Waals surface area (Å²) in [6, 6.07) is 10.7. The number of fused-ring (bicyclic) bond motifs is 1. The average Bonchev–Trinajstić information content (AvgIpc) is 2.69. The van der Waals surface area contributed by atoms with E-state index in [2.05, 4.69) is 10.3 Å². The van der Waals surface area contributed by atoms with Crippen molar-refractivity contribution in [3.05, 3.63) is 68.2 Å². The molecule has 0 aliphatic heterocycles. The Kier molecular flexibility index (Phi) is 6.30. The second-order valence-electron chi connectivity index (χ2n) is 7.21. The second-order valence-corrected chi connectivity index (χ2v) is 7.59. The number of H-pyrrole nitrogens is 1. The Bertz CT molecular complexity index is 1180. The van der Waals surface area contributed by atoms with Gasteiger partial charge in [-0.3, -0.25) is 14.2 Å².